The Hall–Kier alpha value is -3.09. The van der Waals surface area contributed by atoms with Gasteiger partial charge in [0.2, 0.25) is 0 Å². The fraction of sp³-hybridized carbons (Fsp3) is 0.409. The summed E-state index contributed by atoms with van der Waals surface area (Å²) in [5, 5.41) is 6.96. The Morgan fingerprint density at radius 3 is 2.69 bits per heavy atom. The SMILES string of the molecule is CN=C(NCc1cn2c(C)cccc2n1)NC1CCN(c2ccc(C)cn2)CC1. The van der Waals surface area contributed by atoms with Gasteiger partial charge in [0, 0.05) is 44.3 Å². The minimum Gasteiger partial charge on any atom is -0.356 e. The number of anilines is 1. The van der Waals surface area contributed by atoms with Crippen molar-refractivity contribution >= 4 is 17.4 Å². The van der Waals surface area contributed by atoms with E-state index in [2.05, 4.69) is 73.1 Å². The molecular formula is C22H29N7. The summed E-state index contributed by atoms with van der Waals surface area (Å²) >= 11 is 0. The first-order valence-electron chi connectivity index (χ1n) is 10.2. The largest absolute Gasteiger partial charge is 0.356 e. The average Bonchev–Trinajstić information content (AvgIpc) is 3.17. The normalized spacial score (nSPS) is 15.7. The van der Waals surface area contributed by atoms with Crippen LogP contribution in [0, 0.1) is 13.8 Å². The second kappa shape index (κ2) is 8.51. The molecule has 2 N–H and O–H groups in total. The van der Waals surface area contributed by atoms with Crippen molar-refractivity contribution in [3.05, 3.63) is 59.7 Å². The standard InChI is InChI=1S/C22H29N7/c1-16-7-8-20(24-13-16)28-11-9-18(10-12-28)27-22(23-3)25-14-19-15-29-17(2)5-4-6-21(29)26-19/h4-8,13,15,18H,9-12,14H2,1-3H3,(H2,23,25,27). The van der Waals surface area contributed by atoms with Crippen molar-refractivity contribution in [2.75, 3.05) is 25.0 Å². The van der Waals surface area contributed by atoms with Gasteiger partial charge in [-0.25, -0.2) is 9.97 Å². The zero-order valence-electron chi connectivity index (χ0n) is 17.4. The second-order valence-electron chi connectivity index (χ2n) is 7.65. The van der Waals surface area contributed by atoms with Gasteiger partial charge in [0.05, 0.1) is 12.2 Å². The van der Waals surface area contributed by atoms with E-state index >= 15 is 0 Å². The molecule has 0 amide bonds. The summed E-state index contributed by atoms with van der Waals surface area (Å²) in [7, 11) is 1.81. The summed E-state index contributed by atoms with van der Waals surface area (Å²) in [6.45, 7) is 6.80. The highest BCUT2D eigenvalue weighted by Crippen LogP contribution is 2.18. The lowest BCUT2D eigenvalue weighted by molar-refractivity contribution is 0.459. The monoisotopic (exact) mass is 391 g/mol. The number of hydrogen-bond acceptors (Lipinski definition) is 4. The van der Waals surface area contributed by atoms with Crippen molar-refractivity contribution in [1.82, 2.24) is 25.0 Å². The molecular weight excluding hydrogens is 362 g/mol. The maximum atomic E-state index is 4.68. The molecule has 0 bridgehead atoms. The Kier molecular flexibility index (Phi) is 5.64. The number of guanidine groups is 1. The Morgan fingerprint density at radius 1 is 1.17 bits per heavy atom. The van der Waals surface area contributed by atoms with Crippen LogP contribution in [-0.2, 0) is 6.54 Å². The molecule has 1 fully saturated rings. The van der Waals surface area contributed by atoms with Crippen molar-refractivity contribution in [1.29, 1.82) is 0 Å². The summed E-state index contributed by atoms with van der Waals surface area (Å²) in [5.74, 6) is 1.89. The molecule has 0 aromatic carbocycles. The first kappa shape index (κ1) is 19.2. The first-order chi connectivity index (χ1) is 14.1. The van der Waals surface area contributed by atoms with E-state index in [0.29, 0.717) is 12.6 Å². The molecule has 4 heterocycles. The Morgan fingerprint density at radius 2 is 2.00 bits per heavy atom. The smallest absolute Gasteiger partial charge is 0.191 e. The molecule has 0 aliphatic carbocycles. The van der Waals surface area contributed by atoms with Gasteiger partial charge in [0.1, 0.15) is 11.5 Å². The Labute approximate surface area is 171 Å². The Balaban J connectivity index is 1.29. The predicted octanol–water partition coefficient (Wildman–Crippen LogP) is 2.68. The van der Waals surface area contributed by atoms with Crippen molar-refractivity contribution in [3.8, 4) is 0 Å². The van der Waals surface area contributed by atoms with Crippen LogP contribution in [0.4, 0.5) is 5.82 Å². The molecule has 4 rings (SSSR count). The third-order valence-corrected chi connectivity index (χ3v) is 5.46. The maximum Gasteiger partial charge on any atom is 0.191 e. The number of fused-ring (bicyclic) bond motifs is 1. The average molecular weight is 392 g/mol. The highest BCUT2D eigenvalue weighted by Gasteiger charge is 2.21. The minimum absolute atomic E-state index is 0.409. The molecule has 0 atom stereocenters. The van der Waals surface area contributed by atoms with Gasteiger partial charge in [-0.15, -0.1) is 0 Å². The summed E-state index contributed by atoms with van der Waals surface area (Å²) in [6.07, 6.45) is 6.14. The third kappa shape index (κ3) is 4.50. The zero-order valence-corrected chi connectivity index (χ0v) is 17.4. The molecule has 0 spiro atoms. The molecule has 1 aliphatic rings. The summed E-state index contributed by atoms with van der Waals surface area (Å²) in [5.41, 5.74) is 4.35. The van der Waals surface area contributed by atoms with Gasteiger partial charge in [-0.3, -0.25) is 4.99 Å². The van der Waals surface area contributed by atoms with E-state index in [1.54, 1.807) is 0 Å². The lowest BCUT2D eigenvalue weighted by Gasteiger charge is -2.33. The molecule has 0 saturated carbocycles. The molecule has 152 valence electrons. The van der Waals surface area contributed by atoms with Crippen molar-refractivity contribution < 1.29 is 0 Å². The minimum atomic E-state index is 0.409. The van der Waals surface area contributed by atoms with Crippen LogP contribution in [0.25, 0.3) is 5.65 Å². The van der Waals surface area contributed by atoms with E-state index in [9.17, 15) is 0 Å². The number of hydrogen-bond donors (Lipinski definition) is 2. The van der Waals surface area contributed by atoms with Crippen LogP contribution in [0.1, 0.15) is 29.8 Å². The molecule has 3 aromatic rings. The quantitative estimate of drug-likeness (QED) is 0.529. The highest BCUT2D eigenvalue weighted by atomic mass is 15.2. The topological polar surface area (TPSA) is 69.8 Å². The van der Waals surface area contributed by atoms with Gasteiger partial charge in [0.15, 0.2) is 5.96 Å². The van der Waals surface area contributed by atoms with E-state index in [1.165, 1.54) is 11.3 Å². The number of pyridine rings is 2. The first-order valence-corrected chi connectivity index (χ1v) is 10.2. The number of imidazole rings is 1. The molecule has 1 aliphatic heterocycles. The number of nitrogens with zero attached hydrogens (tertiary/aromatic N) is 5. The summed E-state index contributed by atoms with van der Waals surface area (Å²) < 4.78 is 2.11. The van der Waals surface area contributed by atoms with Crippen LogP contribution in [0.3, 0.4) is 0 Å². The van der Waals surface area contributed by atoms with Crippen LogP contribution < -0.4 is 15.5 Å². The van der Waals surface area contributed by atoms with Gasteiger partial charge in [-0.1, -0.05) is 12.1 Å². The summed E-state index contributed by atoms with van der Waals surface area (Å²) in [4.78, 5) is 16.0. The number of piperidine rings is 1. The van der Waals surface area contributed by atoms with E-state index < -0.39 is 0 Å². The lowest BCUT2D eigenvalue weighted by Crippen LogP contribution is -2.48. The van der Waals surface area contributed by atoms with Gasteiger partial charge >= 0.3 is 0 Å². The van der Waals surface area contributed by atoms with E-state index in [4.69, 9.17) is 0 Å². The number of aromatic nitrogens is 3. The zero-order chi connectivity index (χ0) is 20.2. The van der Waals surface area contributed by atoms with Crippen LogP contribution in [0.5, 0.6) is 0 Å². The third-order valence-electron chi connectivity index (χ3n) is 5.46. The van der Waals surface area contributed by atoms with E-state index in [0.717, 1.165) is 49.0 Å². The molecule has 7 nitrogen and oxygen atoms in total. The van der Waals surface area contributed by atoms with Crippen molar-refractivity contribution in [2.24, 2.45) is 4.99 Å². The number of rotatable bonds is 4. The van der Waals surface area contributed by atoms with Gasteiger partial charge in [0.25, 0.3) is 0 Å². The lowest BCUT2D eigenvalue weighted by atomic mass is 10.1. The molecule has 0 radical (unpaired) electrons. The molecule has 1 saturated heterocycles. The second-order valence-corrected chi connectivity index (χ2v) is 7.65. The summed E-state index contributed by atoms with van der Waals surface area (Å²) in [6, 6.07) is 10.8. The predicted molar refractivity (Wildman–Crippen MR) is 117 cm³/mol. The van der Waals surface area contributed by atoms with Crippen molar-refractivity contribution in [2.45, 2.75) is 39.3 Å². The fourth-order valence-electron chi connectivity index (χ4n) is 3.75. The Bertz CT molecular complexity index is 982. The molecule has 0 unspecified atom stereocenters. The van der Waals surface area contributed by atoms with E-state index in [-0.39, 0.29) is 0 Å². The van der Waals surface area contributed by atoms with Crippen LogP contribution >= 0.6 is 0 Å². The highest BCUT2D eigenvalue weighted by molar-refractivity contribution is 5.80. The van der Waals surface area contributed by atoms with Crippen LogP contribution in [0.2, 0.25) is 0 Å². The number of aliphatic imine (C=N–C) groups is 1. The maximum absolute atomic E-state index is 4.68. The van der Waals surface area contributed by atoms with Gasteiger partial charge in [-0.2, -0.15) is 0 Å². The number of aryl methyl sites for hydroxylation is 2. The molecule has 3 aromatic heterocycles. The van der Waals surface area contributed by atoms with Gasteiger partial charge in [-0.05, 0) is 50.5 Å². The fourth-order valence-corrected chi connectivity index (χ4v) is 3.75. The van der Waals surface area contributed by atoms with E-state index in [1.807, 2.05) is 25.4 Å². The van der Waals surface area contributed by atoms with Gasteiger partial charge < -0.3 is 19.9 Å². The van der Waals surface area contributed by atoms with Crippen LogP contribution in [0.15, 0.2) is 47.7 Å². The molecule has 7 heteroatoms. The number of nitrogens with one attached hydrogen (secondary N) is 2. The molecule has 29 heavy (non-hydrogen) atoms. The van der Waals surface area contributed by atoms with Crippen LogP contribution in [-0.4, -0.2) is 46.5 Å². The van der Waals surface area contributed by atoms with Crippen molar-refractivity contribution in [3.63, 3.8) is 0 Å².